The number of likely N-dealkylation sites (tertiary alicyclic amines) is 1. The number of alkyl halides is 1. The van der Waals surface area contributed by atoms with E-state index < -0.39 is 11.6 Å². The number of nitrogens with zero attached hydrogens (tertiary/aromatic N) is 1. The van der Waals surface area contributed by atoms with E-state index in [9.17, 15) is 9.59 Å². The third-order valence-electron chi connectivity index (χ3n) is 2.90. The van der Waals surface area contributed by atoms with Crippen LogP contribution in [-0.4, -0.2) is 40.3 Å². The van der Waals surface area contributed by atoms with Crippen LogP contribution < -0.4 is 0 Å². The van der Waals surface area contributed by atoms with Gasteiger partial charge in [0, 0.05) is 18.3 Å². The topological polar surface area (TPSA) is 46.6 Å². The Bertz CT molecular complexity index is 325. The van der Waals surface area contributed by atoms with Crippen LogP contribution in [0.1, 0.15) is 40.5 Å². The molecule has 1 amide bonds. The summed E-state index contributed by atoms with van der Waals surface area (Å²) in [5.41, 5.74) is -0.512. The van der Waals surface area contributed by atoms with Crippen LogP contribution in [0.3, 0.4) is 0 Å². The molecule has 0 spiro atoms. The number of ether oxygens (including phenoxy) is 1. The van der Waals surface area contributed by atoms with Crippen LogP contribution in [0.2, 0.25) is 0 Å². The molecule has 4 nitrogen and oxygen atoms in total. The van der Waals surface area contributed by atoms with Crippen molar-refractivity contribution in [2.75, 3.05) is 11.9 Å². The molecule has 18 heavy (non-hydrogen) atoms. The maximum Gasteiger partial charge on any atom is 0.329 e. The van der Waals surface area contributed by atoms with Gasteiger partial charge in [-0.05, 0) is 33.1 Å². The molecule has 0 aromatic rings. The van der Waals surface area contributed by atoms with Crippen LogP contribution in [0.4, 0.5) is 0 Å². The molecule has 1 aliphatic heterocycles. The lowest BCUT2D eigenvalue weighted by Gasteiger charge is -2.29. The molecule has 1 heterocycles. The fourth-order valence-corrected chi connectivity index (χ4v) is 2.53. The molecule has 0 aromatic carbocycles. The second-order valence-corrected chi connectivity index (χ2v) is 6.38. The number of rotatable bonds is 4. The van der Waals surface area contributed by atoms with E-state index in [1.54, 1.807) is 4.90 Å². The summed E-state index contributed by atoms with van der Waals surface area (Å²) in [5, 5.41) is 0.792. The van der Waals surface area contributed by atoms with Gasteiger partial charge in [-0.1, -0.05) is 22.9 Å². The lowest BCUT2D eigenvalue weighted by Crippen LogP contribution is -2.45. The molecule has 0 radical (unpaired) electrons. The number of carbonyl (C=O) groups excluding carboxylic acids is 2. The molecule has 1 aliphatic rings. The van der Waals surface area contributed by atoms with Gasteiger partial charge in [0.05, 0.1) is 0 Å². The van der Waals surface area contributed by atoms with E-state index in [0.717, 1.165) is 5.33 Å². The number of hydrogen-bond acceptors (Lipinski definition) is 3. The highest BCUT2D eigenvalue weighted by Crippen LogP contribution is 2.24. The lowest BCUT2D eigenvalue weighted by atomic mass is 10.1. The molecule has 0 aromatic heterocycles. The van der Waals surface area contributed by atoms with Crippen molar-refractivity contribution in [3.05, 3.63) is 0 Å². The van der Waals surface area contributed by atoms with Gasteiger partial charge in [0.1, 0.15) is 11.6 Å². The Balaban J connectivity index is 2.72. The number of carbonyl (C=O) groups is 2. The number of halogens is 1. The minimum Gasteiger partial charge on any atom is -0.458 e. The van der Waals surface area contributed by atoms with Gasteiger partial charge in [-0.3, -0.25) is 4.79 Å². The molecule has 2 atom stereocenters. The normalized spacial score (nSPS) is 22.2. The average Bonchev–Trinajstić information content (AvgIpc) is 2.59. The van der Waals surface area contributed by atoms with Crippen LogP contribution in [0.5, 0.6) is 0 Å². The van der Waals surface area contributed by atoms with E-state index in [1.807, 2.05) is 27.7 Å². The summed E-state index contributed by atoms with van der Waals surface area (Å²) in [6, 6.07) is -0.444. The van der Waals surface area contributed by atoms with Gasteiger partial charge in [0.2, 0.25) is 5.91 Å². The summed E-state index contributed by atoms with van der Waals surface area (Å²) < 4.78 is 5.38. The largest absolute Gasteiger partial charge is 0.458 e. The average molecular weight is 320 g/mol. The van der Waals surface area contributed by atoms with Crippen LogP contribution in [-0.2, 0) is 14.3 Å². The Kier molecular flexibility index (Phi) is 5.20. The van der Waals surface area contributed by atoms with Crippen molar-refractivity contribution >= 4 is 27.8 Å². The van der Waals surface area contributed by atoms with Gasteiger partial charge in [-0.25, -0.2) is 4.79 Å². The number of hydrogen-bond donors (Lipinski definition) is 0. The monoisotopic (exact) mass is 319 g/mol. The van der Waals surface area contributed by atoms with Crippen molar-refractivity contribution in [2.24, 2.45) is 5.92 Å². The zero-order chi connectivity index (χ0) is 13.9. The third kappa shape index (κ3) is 3.97. The molecule has 1 unspecified atom stereocenters. The summed E-state index contributed by atoms with van der Waals surface area (Å²) in [5.74, 6) is 0.0553. The molecular formula is C13H22BrNO3. The standard InChI is InChI=1S/C13H22BrNO3/c1-5-10(12(17)18-13(2,3)4)15-8-9(7-14)6-11(15)16/h9-10H,5-8H2,1-4H3/t9?,10-/m1/s1. The van der Waals surface area contributed by atoms with Crippen molar-refractivity contribution in [3.63, 3.8) is 0 Å². The molecule has 0 N–H and O–H groups in total. The molecule has 104 valence electrons. The first kappa shape index (κ1) is 15.5. The highest BCUT2D eigenvalue weighted by Gasteiger charge is 2.38. The summed E-state index contributed by atoms with van der Waals surface area (Å²) in [7, 11) is 0. The van der Waals surface area contributed by atoms with Crippen molar-refractivity contribution in [1.29, 1.82) is 0 Å². The van der Waals surface area contributed by atoms with E-state index in [2.05, 4.69) is 15.9 Å². The van der Waals surface area contributed by atoms with E-state index in [-0.39, 0.29) is 11.9 Å². The van der Waals surface area contributed by atoms with Gasteiger partial charge in [-0.2, -0.15) is 0 Å². The van der Waals surface area contributed by atoms with E-state index in [1.165, 1.54) is 0 Å². The number of amides is 1. The van der Waals surface area contributed by atoms with Crippen molar-refractivity contribution in [1.82, 2.24) is 4.90 Å². The summed E-state index contributed by atoms with van der Waals surface area (Å²) in [6.07, 6.45) is 1.11. The van der Waals surface area contributed by atoms with E-state index in [0.29, 0.717) is 25.3 Å². The van der Waals surface area contributed by atoms with E-state index in [4.69, 9.17) is 4.74 Å². The van der Waals surface area contributed by atoms with Gasteiger partial charge in [-0.15, -0.1) is 0 Å². The van der Waals surface area contributed by atoms with Gasteiger partial charge < -0.3 is 9.64 Å². The third-order valence-corrected chi connectivity index (χ3v) is 3.81. The summed E-state index contributed by atoms with van der Waals surface area (Å²) in [6.45, 7) is 8.06. The Morgan fingerprint density at radius 2 is 2.17 bits per heavy atom. The molecule has 1 rings (SSSR count). The van der Waals surface area contributed by atoms with Gasteiger partial charge in [0.25, 0.3) is 0 Å². The highest BCUT2D eigenvalue weighted by atomic mass is 79.9. The zero-order valence-electron chi connectivity index (χ0n) is 11.5. The fraction of sp³-hybridized carbons (Fsp3) is 0.846. The zero-order valence-corrected chi connectivity index (χ0v) is 13.1. The second-order valence-electron chi connectivity index (χ2n) is 5.73. The second kappa shape index (κ2) is 6.04. The quantitative estimate of drug-likeness (QED) is 0.590. The first-order valence-corrected chi connectivity index (χ1v) is 7.49. The Morgan fingerprint density at radius 3 is 2.56 bits per heavy atom. The van der Waals surface area contributed by atoms with Crippen LogP contribution in [0, 0.1) is 5.92 Å². The Morgan fingerprint density at radius 1 is 1.56 bits per heavy atom. The minimum absolute atomic E-state index is 0.0529. The summed E-state index contributed by atoms with van der Waals surface area (Å²) in [4.78, 5) is 25.7. The molecule has 0 aliphatic carbocycles. The van der Waals surface area contributed by atoms with Gasteiger partial charge >= 0.3 is 5.97 Å². The number of esters is 1. The SMILES string of the molecule is CC[C@H](C(=O)OC(C)(C)C)N1CC(CBr)CC1=O. The van der Waals surface area contributed by atoms with Crippen molar-refractivity contribution < 1.29 is 14.3 Å². The highest BCUT2D eigenvalue weighted by molar-refractivity contribution is 9.09. The van der Waals surface area contributed by atoms with Crippen LogP contribution in [0.25, 0.3) is 0 Å². The maximum absolute atomic E-state index is 12.1. The smallest absolute Gasteiger partial charge is 0.329 e. The van der Waals surface area contributed by atoms with Gasteiger partial charge in [0.15, 0.2) is 0 Å². The Labute approximate surface area is 117 Å². The summed E-state index contributed by atoms with van der Waals surface area (Å²) >= 11 is 3.39. The van der Waals surface area contributed by atoms with E-state index >= 15 is 0 Å². The van der Waals surface area contributed by atoms with Crippen LogP contribution >= 0.6 is 15.9 Å². The molecular weight excluding hydrogens is 298 g/mol. The van der Waals surface area contributed by atoms with Crippen molar-refractivity contribution in [3.8, 4) is 0 Å². The molecule has 1 fully saturated rings. The Hall–Kier alpha value is -0.580. The minimum atomic E-state index is -0.512. The predicted molar refractivity (Wildman–Crippen MR) is 73.5 cm³/mol. The van der Waals surface area contributed by atoms with Crippen LogP contribution in [0.15, 0.2) is 0 Å². The first-order valence-electron chi connectivity index (χ1n) is 6.36. The molecule has 5 heteroatoms. The van der Waals surface area contributed by atoms with Crippen molar-refractivity contribution in [2.45, 2.75) is 52.2 Å². The molecule has 0 saturated carbocycles. The molecule has 1 saturated heterocycles. The predicted octanol–water partition coefficient (Wildman–Crippen LogP) is 2.35. The maximum atomic E-state index is 12.1. The lowest BCUT2D eigenvalue weighted by molar-refractivity contribution is -0.163. The molecule has 0 bridgehead atoms. The fourth-order valence-electron chi connectivity index (χ4n) is 2.10. The first-order chi connectivity index (χ1) is 8.28.